The van der Waals surface area contributed by atoms with E-state index in [0.717, 1.165) is 29.7 Å². The summed E-state index contributed by atoms with van der Waals surface area (Å²) in [5, 5.41) is 6.22. The Morgan fingerprint density at radius 3 is 2.70 bits per heavy atom. The van der Waals surface area contributed by atoms with Crippen LogP contribution >= 0.6 is 11.6 Å². The summed E-state index contributed by atoms with van der Waals surface area (Å²) >= 11 is 5.80. The monoisotopic (exact) mass is 328 g/mol. The van der Waals surface area contributed by atoms with Gasteiger partial charge in [0.25, 0.3) is 0 Å². The fourth-order valence-corrected chi connectivity index (χ4v) is 2.42. The average molecular weight is 329 g/mol. The highest BCUT2D eigenvalue weighted by molar-refractivity contribution is 6.30. The third-order valence-corrected chi connectivity index (χ3v) is 3.67. The predicted octanol–water partition coefficient (Wildman–Crippen LogP) is 3.97. The summed E-state index contributed by atoms with van der Waals surface area (Å²) in [5.74, 6) is 0.936. The minimum Gasteiger partial charge on any atom is -0.342 e. The van der Waals surface area contributed by atoms with E-state index in [1.54, 1.807) is 24.3 Å². The molecule has 0 atom stereocenters. The van der Waals surface area contributed by atoms with Gasteiger partial charge < -0.3 is 15.6 Å². The Bertz CT molecular complexity index is 765. The topological polar surface area (TPSA) is 69.8 Å². The number of aromatic amines is 1. The zero-order chi connectivity index (χ0) is 16.1. The number of anilines is 1. The van der Waals surface area contributed by atoms with Crippen LogP contribution < -0.4 is 10.6 Å². The van der Waals surface area contributed by atoms with Crippen molar-refractivity contribution in [2.75, 3.05) is 11.9 Å². The van der Waals surface area contributed by atoms with Crippen molar-refractivity contribution in [1.29, 1.82) is 0 Å². The van der Waals surface area contributed by atoms with E-state index < -0.39 is 0 Å². The number of hydrogen-bond donors (Lipinski definition) is 3. The largest absolute Gasteiger partial charge is 0.342 e. The standard InChI is InChI=1S/C17H17ClN4O/c18-12-7-9-13(10-8-12)20-17(23)19-11-3-6-16-21-14-4-1-2-5-15(14)22-16/h1-2,4-5,7-10H,3,6,11H2,(H,21,22)(H2,19,20,23). The van der Waals surface area contributed by atoms with Crippen molar-refractivity contribution in [3.8, 4) is 0 Å². The summed E-state index contributed by atoms with van der Waals surface area (Å²) in [6.45, 7) is 0.580. The van der Waals surface area contributed by atoms with Crippen LogP contribution in [0.2, 0.25) is 5.02 Å². The summed E-state index contributed by atoms with van der Waals surface area (Å²) in [4.78, 5) is 19.6. The molecule has 3 N–H and O–H groups in total. The third kappa shape index (κ3) is 4.23. The SMILES string of the molecule is O=C(NCCCc1nc2ccccc2[nH]1)Nc1ccc(Cl)cc1. The summed E-state index contributed by atoms with van der Waals surface area (Å²) in [5.41, 5.74) is 2.72. The molecule has 0 aliphatic rings. The van der Waals surface area contributed by atoms with Gasteiger partial charge in [0, 0.05) is 23.7 Å². The van der Waals surface area contributed by atoms with Crippen LogP contribution in [-0.2, 0) is 6.42 Å². The molecule has 23 heavy (non-hydrogen) atoms. The number of amides is 2. The van der Waals surface area contributed by atoms with Gasteiger partial charge in [-0.1, -0.05) is 23.7 Å². The molecule has 2 amide bonds. The average Bonchev–Trinajstić information content (AvgIpc) is 2.96. The Hall–Kier alpha value is -2.53. The number of H-pyrrole nitrogens is 1. The normalized spacial score (nSPS) is 10.7. The van der Waals surface area contributed by atoms with Gasteiger partial charge in [0.05, 0.1) is 11.0 Å². The number of urea groups is 1. The highest BCUT2D eigenvalue weighted by Crippen LogP contribution is 2.13. The Morgan fingerprint density at radius 1 is 1.13 bits per heavy atom. The summed E-state index contributed by atoms with van der Waals surface area (Å²) in [6, 6.07) is 14.7. The van der Waals surface area contributed by atoms with Gasteiger partial charge in [0.15, 0.2) is 0 Å². The Balaban J connectivity index is 1.42. The fourth-order valence-electron chi connectivity index (χ4n) is 2.29. The Labute approximate surface area is 139 Å². The van der Waals surface area contributed by atoms with E-state index in [-0.39, 0.29) is 6.03 Å². The van der Waals surface area contributed by atoms with Crippen LogP contribution in [-0.4, -0.2) is 22.5 Å². The molecule has 0 aliphatic heterocycles. The number of imidazole rings is 1. The van der Waals surface area contributed by atoms with E-state index >= 15 is 0 Å². The summed E-state index contributed by atoms with van der Waals surface area (Å²) in [7, 11) is 0. The van der Waals surface area contributed by atoms with Crippen LogP contribution in [0, 0.1) is 0 Å². The quantitative estimate of drug-likeness (QED) is 0.620. The maximum atomic E-state index is 11.8. The second-order valence-corrected chi connectivity index (χ2v) is 5.63. The molecule has 0 spiro atoms. The molecule has 0 aliphatic carbocycles. The van der Waals surface area contributed by atoms with E-state index in [1.807, 2.05) is 24.3 Å². The van der Waals surface area contributed by atoms with Crippen molar-refractivity contribution in [3.05, 3.63) is 59.4 Å². The number of carbonyl (C=O) groups excluding carboxylic acids is 1. The molecule has 3 aromatic rings. The number of nitrogens with one attached hydrogen (secondary N) is 3. The fraction of sp³-hybridized carbons (Fsp3) is 0.176. The highest BCUT2D eigenvalue weighted by Gasteiger charge is 2.03. The molecular formula is C17H17ClN4O. The van der Waals surface area contributed by atoms with E-state index in [9.17, 15) is 4.79 Å². The maximum Gasteiger partial charge on any atom is 0.319 e. The lowest BCUT2D eigenvalue weighted by atomic mass is 10.3. The lowest BCUT2D eigenvalue weighted by Crippen LogP contribution is -2.29. The van der Waals surface area contributed by atoms with Crippen molar-refractivity contribution in [2.45, 2.75) is 12.8 Å². The maximum absolute atomic E-state index is 11.8. The van der Waals surface area contributed by atoms with Gasteiger partial charge in [-0.3, -0.25) is 0 Å². The smallest absolute Gasteiger partial charge is 0.319 e. The molecule has 118 valence electrons. The Morgan fingerprint density at radius 2 is 1.91 bits per heavy atom. The molecule has 1 aromatic heterocycles. The number of aryl methyl sites for hydroxylation is 1. The van der Waals surface area contributed by atoms with Crippen molar-refractivity contribution in [1.82, 2.24) is 15.3 Å². The number of carbonyl (C=O) groups is 1. The van der Waals surface area contributed by atoms with Crippen LogP contribution in [0.3, 0.4) is 0 Å². The van der Waals surface area contributed by atoms with Gasteiger partial charge in [-0.25, -0.2) is 9.78 Å². The van der Waals surface area contributed by atoms with E-state index in [1.165, 1.54) is 0 Å². The molecule has 0 fully saturated rings. The molecule has 6 heteroatoms. The van der Waals surface area contributed by atoms with E-state index in [0.29, 0.717) is 17.3 Å². The highest BCUT2D eigenvalue weighted by atomic mass is 35.5. The minimum absolute atomic E-state index is 0.225. The van der Waals surface area contributed by atoms with Crippen LogP contribution in [0.5, 0.6) is 0 Å². The van der Waals surface area contributed by atoms with Crippen LogP contribution in [0.25, 0.3) is 11.0 Å². The van der Waals surface area contributed by atoms with Gasteiger partial charge in [-0.05, 0) is 42.8 Å². The van der Waals surface area contributed by atoms with Crippen molar-refractivity contribution in [3.63, 3.8) is 0 Å². The number of hydrogen-bond acceptors (Lipinski definition) is 2. The molecule has 2 aromatic carbocycles. The van der Waals surface area contributed by atoms with Gasteiger partial charge in [0.1, 0.15) is 5.82 Å². The predicted molar refractivity (Wildman–Crippen MR) is 92.9 cm³/mol. The van der Waals surface area contributed by atoms with Crippen molar-refractivity contribution >= 4 is 34.4 Å². The number of para-hydroxylation sites is 2. The van der Waals surface area contributed by atoms with E-state index in [4.69, 9.17) is 11.6 Å². The first-order valence-corrected chi connectivity index (χ1v) is 7.82. The van der Waals surface area contributed by atoms with E-state index in [2.05, 4.69) is 20.6 Å². The van der Waals surface area contributed by atoms with Crippen LogP contribution in [0.4, 0.5) is 10.5 Å². The minimum atomic E-state index is -0.225. The van der Waals surface area contributed by atoms with Crippen molar-refractivity contribution < 1.29 is 4.79 Å². The van der Waals surface area contributed by atoms with Gasteiger partial charge in [-0.2, -0.15) is 0 Å². The second kappa shape index (κ2) is 7.15. The first-order valence-electron chi connectivity index (χ1n) is 7.45. The number of nitrogens with zero attached hydrogens (tertiary/aromatic N) is 1. The van der Waals surface area contributed by atoms with Crippen LogP contribution in [0.15, 0.2) is 48.5 Å². The van der Waals surface area contributed by atoms with Gasteiger partial charge in [0.2, 0.25) is 0 Å². The zero-order valence-electron chi connectivity index (χ0n) is 12.5. The summed E-state index contributed by atoms with van der Waals surface area (Å²) < 4.78 is 0. The lowest BCUT2D eigenvalue weighted by Gasteiger charge is -2.07. The molecule has 0 saturated heterocycles. The number of fused-ring (bicyclic) bond motifs is 1. The first-order chi connectivity index (χ1) is 11.2. The van der Waals surface area contributed by atoms with Crippen LogP contribution in [0.1, 0.15) is 12.2 Å². The second-order valence-electron chi connectivity index (χ2n) is 5.19. The number of aromatic nitrogens is 2. The molecule has 0 saturated carbocycles. The molecule has 5 nitrogen and oxygen atoms in total. The molecule has 0 unspecified atom stereocenters. The Kier molecular flexibility index (Phi) is 4.78. The first kappa shape index (κ1) is 15.4. The number of halogens is 1. The zero-order valence-corrected chi connectivity index (χ0v) is 13.2. The van der Waals surface area contributed by atoms with Gasteiger partial charge in [-0.15, -0.1) is 0 Å². The van der Waals surface area contributed by atoms with Gasteiger partial charge >= 0.3 is 6.03 Å². The number of rotatable bonds is 5. The molecule has 3 rings (SSSR count). The molecule has 1 heterocycles. The molecule has 0 radical (unpaired) electrons. The van der Waals surface area contributed by atoms with Crippen molar-refractivity contribution in [2.24, 2.45) is 0 Å². The molecule has 0 bridgehead atoms. The third-order valence-electron chi connectivity index (χ3n) is 3.42. The molecular weight excluding hydrogens is 312 g/mol. The summed E-state index contributed by atoms with van der Waals surface area (Å²) in [6.07, 6.45) is 1.60. The lowest BCUT2D eigenvalue weighted by molar-refractivity contribution is 0.252. The number of benzene rings is 2.